The van der Waals surface area contributed by atoms with Crippen LogP contribution in [0.15, 0.2) is 0 Å². The van der Waals surface area contributed by atoms with Gasteiger partial charge in [0.2, 0.25) is 0 Å². The molecular formula is C14H26N2S. The lowest BCUT2D eigenvalue weighted by atomic mass is 9.88. The first-order chi connectivity index (χ1) is 8.28. The van der Waals surface area contributed by atoms with E-state index in [9.17, 15) is 0 Å². The number of rotatable bonds is 4. The smallest absolute Gasteiger partial charge is 0.0348 e. The molecule has 0 radical (unpaired) electrons. The predicted molar refractivity (Wildman–Crippen MR) is 75.5 cm³/mol. The molecule has 1 N–H and O–H groups in total. The second kappa shape index (κ2) is 5.10. The lowest BCUT2D eigenvalue weighted by Crippen LogP contribution is -2.42. The van der Waals surface area contributed by atoms with Gasteiger partial charge in [0.25, 0.3) is 0 Å². The molecule has 2 aliphatic carbocycles. The van der Waals surface area contributed by atoms with E-state index < -0.39 is 0 Å². The number of nitrogens with one attached hydrogen (secondary N) is 1. The van der Waals surface area contributed by atoms with Crippen LogP contribution in [-0.2, 0) is 0 Å². The van der Waals surface area contributed by atoms with Crippen molar-refractivity contribution < 1.29 is 0 Å². The van der Waals surface area contributed by atoms with E-state index in [1.54, 1.807) is 6.42 Å². The highest BCUT2D eigenvalue weighted by Crippen LogP contribution is 2.48. The second-order valence-electron chi connectivity index (χ2n) is 6.37. The molecule has 2 saturated carbocycles. The molecule has 1 aliphatic heterocycles. The molecule has 98 valence electrons. The number of hydrogen-bond acceptors (Lipinski definition) is 3. The molecule has 0 spiro atoms. The molecule has 3 fully saturated rings. The maximum absolute atomic E-state index is 3.55. The second-order valence-corrected chi connectivity index (χ2v) is 7.45. The molecule has 5 unspecified atom stereocenters. The van der Waals surface area contributed by atoms with Crippen LogP contribution in [0.5, 0.6) is 0 Å². The topological polar surface area (TPSA) is 15.3 Å². The van der Waals surface area contributed by atoms with Crippen LogP contribution in [-0.4, -0.2) is 49.1 Å². The molecule has 2 bridgehead atoms. The summed E-state index contributed by atoms with van der Waals surface area (Å²) in [7, 11) is 2.35. The van der Waals surface area contributed by atoms with E-state index in [0.717, 1.165) is 29.0 Å². The van der Waals surface area contributed by atoms with Gasteiger partial charge in [-0.3, -0.25) is 0 Å². The first-order valence-corrected chi connectivity index (χ1v) is 8.50. The van der Waals surface area contributed by atoms with Gasteiger partial charge in [-0.25, -0.2) is 0 Å². The molecule has 0 aromatic heterocycles. The third kappa shape index (κ3) is 2.39. The van der Waals surface area contributed by atoms with Crippen molar-refractivity contribution in [2.75, 3.05) is 32.9 Å². The highest BCUT2D eigenvalue weighted by Gasteiger charge is 2.41. The first kappa shape index (κ1) is 12.3. The van der Waals surface area contributed by atoms with Crippen molar-refractivity contribution in [2.24, 2.45) is 17.8 Å². The van der Waals surface area contributed by atoms with Crippen LogP contribution >= 0.6 is 11.8 Å². The standard InChI is InChI=1S/C14H26N2S/c1-16(13-7-15-8-14(13)17-2)9-12-6-10-3-4-11(12)5-10/h10-15H,3-9H2,1-2H3. The van der Waals surface area contributed by atoms with Crippen molar-refractivity contribution in [3.63, 3.8) is 0 Å². The minimum absolute atomic E-state index is 0.768. The zero-order chi connectivity index (χ0) is 11.8. The zero-order valence-corrected chi connectivity index (χ0v) is 12.0. The SMILES string of the molecule is CSC1CNCC1N(C)CC1CC2CCC1C2. The van der Waals surface area contributed by atoms with Crippen LogP contribution in [0.2, 0.25) is 0 Å². The summed E-state index contributed by atoms with van der Waals surface area (Å²) in [4.78, 5) is 2.66. The van der Waals surface area contributed by atoms with Gasteiger partial charge in [0.05, 0.1) is 0 Å². The van der Waals surface area contributed by atoms with Crippen molar-refractivity contribution in [3.05, 3.63) is 0 Å². The molecule has 1 heterocycles. The first-order valence-electron chi connectivity index (χ1n) is 7.21. The molecule has 0 aromatic carbocycles. The lowest BCUT2D eigenvalue weighted by molar-refractivity contribution is 0.183. The van der Waals surface area contributed by atoms with Gasteiger partial charge in [-0.05, 0) is 50.3 Å². The Morgan fingerprint density at radius 3 is 2.76 bits per heavy atom. The Kier molecular flexibility index (Phi) is 3.69. The predicted octanol–water partition coefficient (Wildman–Crippen LogP) is 2.06. The molecule has 2 nitrogen and oxygen atoms in total. The van der Waals surface area contributed by atoms with Gasteiger partial charge in [0.1, 0.15) is 0 Å². The van der Waals surface area contributed by atoms with Gasteiger partial charge in [0, 0.05) is 30.9 Å². The summed E-state index contributed by atoms with van der Waals surface area (Å²) in [6, 6.07) is 0.768. The van der Waals surface area contributed by atoms with Crippen molar-refractivity contribution in [2.45, 2.75) is 37.0 Å². The van der Waals surface area contributed by atoms with Crippen LogP contribution in [0.4, 0.5) is 0 Å². The van der Waals surface area contributed by atoms with Gasteiger partial charge < -0.3 is 10.2 Å². The number of nitrogens with zero attached hydrogens (tertiary/aromatic N) is 1. The summed E-state index contributed by atoms with van der Waals surface area (Å²) in [6.45, 7) is 3.75. The van der Waals surface area contributed by atoms with E-state index in [-0.39, 0.29) is 0 Å². The van der Waals surface area contributed by atoms with Crippen LogP contribution in [0.25, 0.3) is 0 Å². The number of fused-ring (bicyclic) bond motifs is 2. The largest absolute Gasteiger partial charge is 0.314 e. The van der Waals surface area contributed by atoms with E-state index in [1.165, 1.54) is 38.9 Å². The molecule has 3 aliphatic rings. The maximum Gasteiger partial charge on any atom is 0.0348 e. The molecule has 1 saturated heterocycles. The van der Waals surface area contributed by atoms with E-state index in [4.69, 9.17) is 0 Å². The van der Waals surface area contributed by atoms with E-state index in [0.29, 0.717) is 0 Å². The van der Waals surface area contributed by atoms with Gasteiger partial charge in [0.15, 0.2) is 0 Å². The third-order valence-corrected chi connectivity index (χ3v) is 6.49. The Morgan fingerprint density at radius 2 is 2.12 bits per heavy atom. The highest BCUT2D eigenvalue weighted by atomic mass is 32.2. The zero-order valence-electron chi connectivity index (χ0n) is 11.2. The minimum Gasteiger partial charge on any atom is -0.314 e. The summed E-state index contributed by atoms with van der Waals surface area (Å²) < 4.78 is 0. The van der Waals surface area contributed by atoms with Gasteiger partial charge >= 0.3 is 0 Å². The van der Waals surface area contributed by atoms with Crippen LogP contribution in [0, 0.1) is 17.8 Å². The summed E-state index contributed by atoms with van der Waals surface area (Å²) >= 11 is 2.04. The Labute approximate surface area is 110 Å². The molecule has 17 heavy (non-hydrogen) atoms. The summed E-state index contributed by atoms with van der Waals surface area (Å²) in [6.07, 6.45) is 8.39. The normalized spacial score (nSPS) is 45.0. The summed E-state index contributed by atoms with van der Waals surface area (Å²) in [5.41, 5.74) is 0. The van der Waals surface area contributed by atoms with Crippen LogP contribution < -0.4 is 5.32 Å². The van der Waals surface area contributed by atoms with E-state index in [1.807, 2.05) is 11.8 Å². The fourth-order valence-corrected chi connectivity index (χ4v) is 5.33. The molecule has 3 rings (SSSR count). The van der Waals surface area contributed by atoms with Crippen molar-refractivity contribution in [1.29, 1.82) is 0 Å². The molecule has 3 heteroatoms. The number of thioether (sulfide) groups is 1. The molecule has 5 atom stereocenters. The summed E-state index contributed by atoms with van der Waals surface area (Å²) in [5.74, 6) is 3.18. The van der Waals surface area contributed by atoms with Crippen molar-refractivity contribution >= 4 is 11.8 Å². The monoisotopic (exact) mass is 254 g/mol. The van der Waals surface area contributed by atoms with Gasteiger partial charge in [-0.2, -0.15) is 11.8 Å². The Bertz CT molecular complexity index is 271. The fraction of sp³-hybridized carbons (Fsp3) is 1.00. The van der Waals surface area contributed by atoms with E-state index in [2.05, 4.69) is 23.5 Å². The van der Waals surface area contributed by atoms with E-state index >= 15 is 0 Å². The quantitative estimate of drug-likeness (QED) is 0.827. The Morgan fingerprint density at radius 1 is 1.24 bits per heavy atom. The number of likely N-dealkylation sites (N-methyl/N-ethyl adjacent to an activating group) is 1. The van der Waals surface area contributed by atoms with Crippen LogP contribution in [0.3, 0.4) is 0 Å². The third-order valence-electron chi connectivity index (χ3n) is 5.40. The van der Waals surface area contributed by atoms with Gasteiger partial charge in [-0.15, -0.1) is 0 Å². The van der Waals surface area contributed by atoms with Crippen molar-refractivity contribution in [1.82, 2.24) is 10.2 Å². The highest BCUT2D eigenvalue weighted by molar-refractivity contribution is 7.99. The average Bonchev–Trinajstić information content (AvgIpc) is 3.04. The van der Waals surface area contributed by atoms with Gasteiger partial charge in [-0.1, -0.05) is 6.42 Å². The number of hydrogen-bond donors (Lipinski definition) is 1. The molecule has 0 amide bonds. The van der Waals surface area contributed by atoms with Crippen molar-refractivity contribution in [3.8, 4) is 0 Å². The average molecular weight is 254 g/mol. The Balaban J connectivity index is 1.54. The maximum atomic E-state index is 3.55. The summed E-state index contributed by atoms with van der Waals surface area (Å²) in [5, 5.41) is 4.35. The fourth-order valence-electron chi connectivity index (χ4n) is 4.43. The van der Waals surface area contributed by atoms with Crippen LogP contribution in [0.1, 0.15) is 25.7 Å². The minimum atomic E-state index is 0.768. The molecule has 0 aromatic rings. The molecular weight excluding hydrogens is 228 g/mol. The lowest BCUT2D eigenvalue weighted by Gasteiger charge is -2.33. The Hall–Kier alpha value is 0.270.